The number of carbonyl (C=O) groups excluding carboxylic acids is 1. The number of hydrogen-bond acceptors (Lipinski definition) is 2. The molecule has 0 aliphatic rings. The van der Waals surface area contributed by atoms with Gasteiger partial charge in [-0.2, -0.15) is 0 Å². The number of rotatable bonds is 2. The minimum absolute atomic E-state index is 0.711. The van der Waals surface area contributed by atoms with Crippen LogP contribution in [-0.2, 0) is 4.79 Å². The van der Waals surface area contributed by atoms with Crippen molar-refractivity contribution in [3.8, 4) is 5.75 Å². The predicted molar refractivity (Wildman–Crippen MR) is 65.9 cm³/mol. The lowest BCUT2D eigenvalue weighted by molar-refractivity contribution is -0.116. The van der Waals surface area contributed by atoms with Crippen molar-refractivity contribution in [2.24, 2.45) is 4.99 Å². The summed E-state index contributed by atoms with van der Waals surface area (Å²) in [6.45, 7) is 0. The number of methoxy groups -OCH3 is 1. The number of nitrogens with zero attached hydrogens (tertiary/aromatic N) is 1. The van der Waals surface area contributed by atoms with E-state index in [1.807, 2.05) is 0 Å². The highest BCUT2D eigenvalue weighted by atomic mass is 35.6. The maximum atomic E-state index is 11.1. The van der Waals surface area contributed by atoms with Gasteiger partial charge in [0.2, 0.25) is 0 Å². The van der Waals surface area contributed by atoms with Crippen molar-refractivity contribution >= 4 is 46.9 Å². The highest BCUT2D eigenvalue weighted by Gasteiger charge is 2.29. The fraction of sp³-hybridized carbons (Fsp3) is 0.200. The van der Waals surface area contributed by atoms with Gasteiger partial charge in [0.15, 0.2) is 0 Å². The van der Waals surface area contributed by atoms with Gasteiger partial charge in [0, 0.05) is 6.21 Å². The molecule has 16 heavy (non-hydrogen) atoms. The minimum Gasteiger partial charge on any atom is -0.497 e. The fourth-order valence-electron chi connectivity index (χ4n) is 0.896. The number of hydrogen-bond donors (Lipinski definition) is 0. The standard InChI is InChI=1S/C10H8Cl3NO2/c1-16-8-4-2-7(3-5-8)6-14-9(15)10(11,12)13/h2-6H,1H3. The number of halogens is 3. The summed E-state index contributed by atoms with van der Waals surface area (Å²) in [6, 6.07) is 6.93. The third kappa shape index (κ3) is 4.00. The molecule has 0 saturated heterocycles. The molecule has 1 aromatic rings. The van der Waals surface area contributed by atoms with E-state index in [0.717, 1.165) is 0 Å². The average molecular weight is 281 g/mol. The third-order valence-electron chi connectivity index (χ3n) is 1.69. The van der Waals surface area contributed by atoms with E-state index in [9.17, 15) is 4.79 Å². The van der Waals surface area contributed by atoms with E-state index in [2.05, 4.69) is 4.99 Å². The normalized spacial score (nSPS) is 11.8. The second-order valence-corrected chi connectivity index (χ2v) is 5.12. The SMILES string of the molecule is COc1ccc(C=NC(=O)C(Cl)(Cl)Cl)cc1. The van der Waals surface area contributed by atoms with E-state index in [-0.39, 0.29) is 0 Å². The Balaban J connectivity index is 2.73. The molecule has 0 heterocycles. The molecule has 0 atom stereocenters. The lowest BCUT2D eigenvalue weighted by Crippen LogP contribution is -2.16. The summed E-state index contributed by atoms with van der Waals surface area (Å²) in [5, 5.41) is 0. The largest absolute Gasteiger partial charge is 0.497 e. The topological polar surface area (TPSA) is 38.7 Å². The van der Waals surface area contributed by atoms with Crippen LogP contribution in [0.3, 0.4) is 0 Å². The van der Waals surface area contributed by atoms with Crippen molar-refractivity contribution < 1.29 is 9.53 Å². The molecule has 0 radical (unpaired) electrons. The molecule has 3 nitrogen and oxygen atoms in total. The van der Waals surface area contributed by atoms with Crippen molar-refractivity contribution in [3.05, 3.63) is 29.8 Å². The highest BCUT2D eigenvalue weighted by Crippen LogP contribution is 2.27. The van der Waals surface area contributed by atoms with Gasteiger partial charge in [0.1, 0.15) is 5.75 Å². The quantitative estimate of drug-likeness (QED) is 0.617. The van der Waals surface area contributed by atoms with Crippen molar-refractivity contribution in [1.29, 1.82) is 0 Å². The van der Waals surface area contributed by atoms with Gasteiger partial charge in [0.05, 0.1) is 7.11 Å². The Morgan fingerprint density at radius 3 is 2.31 bits per heavy atom. The second-order valence-electron chi connectivity index (χ2n) is 2.83. The van der Waals surface area contributed by atoms with Gasteiger partial charge in [-0.25, -0.2) is 4.99 Å². The number of ether oxygens (including phenoxy) is 1. The Kier molecular flexibility index (Phi) is 4.59. The average Bonchev–Trinajstić information content (AvgIpc) is 2.25. The first-order valence-electron chi connectivity index (χ1n) is 4.23. The summed E-state index contributed by atoms with van der Waals surface area (Å²) in [6.07, 6.45) is 1.32. The third-order valence-corrected chi connectivity index (χ3v) is 2.17. The number of alkyl halides is 3. The first kappa shape index (κ1) is 13.3. The molecular weight excluding hydrogens is 272 g/mol. The molecule has 6 heteroatoms. The Hall–Kier alpha value is -0.770. The zero-order chi connectivity index (χ0) is 12.2. The van der Waals surface area contributed by atoms with Crippen molar-refractivity contribution in [3.63, 3.8) is 0 Å². The molecular formula is C10H8Cl3NO2. The van der Waals surface area contributed by atoms with E-state index in [0.29, 0.717) is 11.3 Å². The molecule has 0 aliphatic carbocycles. The van der Waals surface area contributed by atoms with E-state index in [4.69, 9.17) is 39.5 Å². The highest BCUT2D eigenvalue weighted by molar-refractivity contribution is 6.76. The Morgan fingerprint density at radius 1 is 1.31 bits per heavy atom. The molecule has 1 amide bonds. The zero-order valence-corrected chi connectivity index (χ0v) is 10.6. The van der Waals surface area contributed by atoms with Gasteiger partial charge in [-0.3, -0.25) is 4.79 Å². The monoisotopic (exact) mass is 279 g/mol. The Bertz CT molecular complexity index is 396. The fourth-order valence-corrected chi connectivity index (χ4v) is 1.04. The van der Waals surface area contributed by atoms with E-state index < -0.39 is 9.70 Å². The van der Waals surface area contributed by atoms with Crippen molar-refractivity contribution in [2.75, 3.05) is 7.11 Å². The van der Waals surface area contributed by atoms with Crippen LogP contribution < -0.4 is 4.74 Å². The molecule has 0 N–H and O–H groups in total. The van der Waals surface area contributed by atoms with Crippen LogP contribution in [0.5, 0.6) is 5.75 Å². The van der Waals surface area contributed by atoms with Gasteiger partial charge < -0.3 is 4.74 Å². The molecule has 0 aromatic heterocycles. The molecule has 0 spiro atoms. The zero-order valence-electron chi connectivity index (χ0n) is 8.28. The van der Waals surface area contributed by atoms with Crippen LogP contribution >= 0.6 is 34.8 Å². The van der Waals surface area contributed by atoms with Gasteiger partial charge >= 0.3 is 0 Å². The molecule has 1 aromatic carbocycles. The second kappa shape index (κ2) is 5.53. The summed E-state index contributed by atoms with van der Waals surface area (Å²) in [4.78, 5) is 14.7. The number of carbonyl (C=O) groups is 1. The first-order valence-corrected chi connectivity index (χ1v) is 5.36. The molecule has 0 aliphatic heterocycles. The summed E-state index contributed by atoms with van der Waals surface area (Å²) in [7, 11) is 1.56. The molecule has 86 valence electrons. The van der Waals surface area contributed by atoms with E-state index in [1.165, 1.54) is 6.21 Å². The molecule has 1 rings (SSSR count). The number of aliphatic imine (C=N–C) groups is 1. The first-order chi connectivity index (χ1) is 7.43. The van der Waals surface area contributed by atoms with Crippen LogP contribution in [0.1, 0.15) is 5.56 Å². The lowest BCUT2D eigenvalue weighted by Gasteiger charge is -2.03. The summed E-state index contributed by atoms with van der Waals surface area (Å²) >= 11 is 16.0. The molecule has 0 unspecified atom stereocenters. The van der Waals surface area contributed by atoms with E-state index >= 15 is 0 Å². The van der Waals surface area contributed by atoms with E-state index in [1.54, 1.807) is 31.4 Å². The van der Waals surface area contributed by atoms with Crippen LogP contribution in [-0.4, -0.2) is 23.0 Å². The van der Waals surface area contributed by atoms with Crippen LogP contribution in [0.15, 0.2) is 29.3 Å². The summed E-state index contributed by atoms with van der Waals surface area (Å²) in [5.74, 6) is -0.113. The lowest BCUT2D eigenvalue weighted by atomic mass is 10.2. The van der Waals surface area contributed by atoms with Crippen molar-refractivity contribution in [2.45, 2.75) is 3.79 Å². The van der Waals surface area contributed by atoms with Gasteiger partial charge in [-0.15, -0.1) is 0 Å². The summed E-state index contributed by atoms with van der Waals surface area (Å²) < 4.78 is 2.96. The van der Waals surface area contributed by atoms with Gasteiger partial charge in [-0.05, 0) is 29.8 Å². The molecule has 0 bridgehead atoms. The minimum atomic E-state index is -2.01. The Labute approximate surface area is 108 Å². The molecule has 0 fully saturated rings. The van der Waals surface area contributed by atoms with Crippen LogP contribution in [0.25, 0.3) is 0 Å². The van der Waals surface area contributed by atoms with Gasteiger partial charge in [0.25, 0.3) is 9.70 Å². The molecule has 0 saturated carbocycles. The number of benzene rings is 1. The van der Waals surface area contributed by atoms with Crippen LogP contribution in [0, 0.1) is 0 Å². The predicted octanol–water partition coefficient (Wildman–Crippen LogP) is 3.01. The van der Waals surface area contributed by atoms with Gasteiger partial charge in [-0.1, -0.05) is 34.8 Å². The maximum absolute atomic E-state index is 11.1. The summed E-state index contributed by atoms with van der Waals surface area (Å²) in [5.41, 5.74) is 0.711. The van der Waals surface area contributed by atoms with Crippen molar-refractivity contribution in [1.82, 2.24) is 0 Å². The Morgan fingerprint density at radius 2 is 1.88 bits per heavy atom. The van der Waals surface area contributed by atoms with Crippen LogP contribution in [0.2, 0.25) is 0 Å². The van der Waals surface area contributed by atoms with Crippen LogP contribution in [0.4, 0.5) is 0 Å². The maximum Gasteiger partial charge on any atom is 0.297 e. The smallest absolute Gasteiger partial charge is 0.297 e. The number of amides is 1.